The minimum atomic E-state index is -4.85. The Morgan fingerprint density at radius 3 is 2.44 bits per heavy atom. The topological polar surface area (TPSA) is 45.2 Å². The van der Waals surface area contributed by atoms with Gasteiger partial charge in [0.25, 0.3) is 5.78 Å². The van der Waals surface area contributed by atoms with E-state index in [9.17, 15) is 18.0 Å². The smallest absolute Gasteiger partial charge is 0.354 e. The maximum Gasteiger partial charge on any atom is 0.454 e. The number of rotatable bonds is 2. The summed E-state index contributed by atoms with van der Waals surface area (Å²) in [4.78, 5) is 16.8. The average Bonchev–Trinajstić information content (AvgIpc) is 2.38. The molecule has 0 aliphatic carbocycles. The van der Waals surface area contributed by atoms with Crippen LogP contribution < -0.4 is 10.2 Å². The molecular weight excluding hydrogens is 247 g/mol. The molecule has 4 nitrogen and oxygen atoms in total. The van der Waals surface area contributed by atoms with Crippen molar-refractivity contribution in [2.45, 2.75) is 6.18 Å². The number of aromatic nitrogens is 1. The van der Waals surface area contributed by atoms with Crippen LogP contribution in [0.1, 0.15) is 10.4 Å². The van der Waals surface area contributed by atoms with Gasteiger partial charge >= 0.3 is 6.18 Å². The highest BCUT2D eigenvalue weighted by Gasteiger charge is 2.39. The number of anilines is 1. The van der Waals surface area contributed by atoms with Gasteiger partial charge in [0, 0.05) is 37.9 Å². The summed E-state index contributed by atoms with van der Waals surface area (Å²) in [5, 5.41) is 3.16. The molecule has 0 saturated carbocycles. The third-order valence-electron chi connectivity index (χ3n) is 2.71. The fourth-order valence-electron chi connectivity index (χ4n) is 1.77. The molecule has 0 amide bonds. The zero-order chi connectivity index (χ0) is 13.2. The van der Waals surface area contributed by atoms with E-state index in [0.29, 0.717) is 5.82 Å². The van der Waals surface area contributed by atoms with Crippen LogP contribution in [0.2, 0.25) is 0 Å². The molecule has 2 rings (SSSR count). The molecule has 18 heavy (non-hydrogen) atoms. The van der Waals surface area contributed by atoms with Crippen LogP contribution in [0.5, 0.6) is 0 Å². The summed E-state index contributed by atoms with van der Waals surface area (Å²) in [5.41, 5.74) is -0.429. The van der Waals surface area contributed by atoms with Crippen LogP contribution in [-0.2, 0) is 0 Å². The van der Waals surface area contributed by atoms with E-state index in [4.69, 9.17) is 0 Å². The number of nitrogens with zero attached hydrogens (tertiary/aromatic N) is 2. The predicted molar refractivity (Wildman–Crippen MR) is 59.7 cm³/mol. The number of nitrogens with one attached hydrogen (secondary N) is 1. The maximum atomic E-state index is 12.2. The Hall–Kier alpha value is -1.63. The number of carbonyl (C=O) groups is 1. The largest absolute Gasteiger partial charge is 0.454 e. The number of Topliss-reactive ketones (excluding diaryl/α,β-unsaturated/α-hetero) is 1. The van der Waals surface area contributed by atoms with E-state index in [1.54, 1.807) is 0 Å². The van der Waals surface area contributed by atoms with Gasteiger partial charge in [-0.25, -0.2) is 4.98 Å². The summed E-state index contributed by atoms with van der Waals surface area (Å²) in [6, 6.07) is 2.62. The van der Waals surface area contributed by atoms with Crippen molar-refractivity contribution in [3.63, 3.8) is 0 Å². The molecule has 0 radical (unpaired) electrons. The van der Waals surface area contributed by atoms with Gasteiger partial charge in [-0.15, -0.1) is 0 Å². The second-order valence-electron chi connectivity index (χ2n) is 3.97. The predicted octanol–water partition coefficient (Wildman–Crippen LogP) is 1.24. The Labute approximate surface area is 102 Å². The first-order valence-corrected chi connectivity index (χ1v) is 5.52. The number of hydrogen-bond acceptors (Lipinski definition) is 4. The van der Waals surface area contributed by atoms with Crippen molar-refractivity contribution >= 4 is 11.6 Å². The lowest BCUT2D eigenvalue weighted by atomic mass is 10.2. The number of halogens is 3. The number of ketones is 1. The lowest BCUT2D eigenvalue weighted by Gasteiger charge is -2.28. The fraction of sp³-hybridized carbons (Fsp3) is 0.455. The van der Waals surface area contributed by atoms with Crippen molar-refractivity contribution in [1.82, 2.24) is 10.3 Å². The highest BCUT2D eigenvalue weighted by atomic mass is 19.4. The van der Waals surface area contributed by atoms with Crippen molar-refractivity contribution in [2.24, 2.45) is 0 Å². The van der Waals surface area contributed by atoms with Crippen LogP contribution in [0.25, 0.3) is 0 Å². The summed E-state index contributed by atoms with van der Waals surface area (Å²) >= 11 is 0. The Bertz CT molecular complexity index is 424. The van der Waals surface area contributed by atoms with Crippen molar-refractivity contribution in [3.8, 4) is 0 Å². The Morgan fingerprint density at radius 1 is 1.28 bits per heavy atom. The van der Waals surface area contributed by atoms with Crippen LogP contribution >= 0.6 is 0 Å². The van der Waals surface area contributed by atoms with Gasteiger partial charge in [-0.1, -0.05) is 0 Å². The summed E-state index contributed by atoms with van der Waals surface area (Å²) in [5.74, 6) is -1.27. The number of piperazine rings is 1. The fourth-order valence-corrected chi connectivity index (χ4v) is 1.77. The molecule has 2 heterocycles. The quantitative estimate of drug-likeness (QED) is 0.812. The van der Waals surface area contributed by atoms with Crippen LogP contribution in [0.3, 0.4) is 0 Å². The summed E-state index contributed by atoms with van der Waals surface area (Å²) in [6.45, 7) is 3.12. The second-order valence-corrected chi connectivity index (χ2v) is 3.97. The van der Waals surface area contributed by atoms with E-state index in [2.05, 4.69) is 10.3 Å². The molecule has 0 atom stereocenters. The Balaban J connectivity index is 2.12. The lowest BCUT2D eigenvalue weighted by Crippen LogP contribution is -2.43. The SMILES string of the molecule is O=C(c1ccc(N2CCNCC2)nc1)C(F)(F)F. The van der Waals surface area contributed by atoms with Crippen molar-refractivity contribution < 1.29 is 18.0 Å². The molecule has 0 spiro atoms. The minimum absolute atomic E-state index is 0.429. The third kappa shape index (κ3) is 2.79. The van der Waals surface area contributed by atoms with Crippen molar-refractivity contribution in [3.05, 3.63) is 23.9 Å². The molecule has 1 aliphatic rings. The van der Waals surface area contributed by atoms with Gasteiger partial charge in [0.1, 0.15) is 5.82 Å². The standard InChI is InChI=1S/C11H12F3N3O/c12-11(13,14)10(18)8-1-2-9(16-7-8)17-5-3-15-4-6-17/h1-2,7,15H,3-6H2. The molecule has 1 saturated heterocycles. The van der Waals surface area contributed by atoms with Gasteiger partial charge < -0.3 is 10.2 Å². The highest BCUT2D eigenvalue weighted by molar-refractivity contribution is 6.00. The molecule has 0 bridgehead atoms. The molecule has 0 unspecified atom stereocenters. The highest BCUT2D eigenvalue weighted by Crippen LogP contribution is 2.22. The molecule has 7 heteroatoms. The van der Waals surface area contributed by atoms with Gasteiger partial charge in [-0.05, 0) is 12.1 Å². The molecule has 1 aliphatic heterocycles. The molecule has 1 fully saturated rings. The van der Waals surface area contributed by atoms with Crippen LogP contribution in [0, 0.1) is 0 Å². The van der Waals surface area contributed by atoms with Crippen molar-refractivity contribution in [1.29, 1.82) is 0 Å². The Kier molecular flexibility index (Phi) is 3.51. The molecule has 0 aromatic carbocycles. The Morgan fingerprint density at radius 2 is 1.94 bits per heavy atom. The summed E-state index contributed by atoms with van der Waals surface area (Å²) < 4.78 is 36.6. The normalized spacial score (nSPS) is 16.7. The zero-order valence-corrected chi connectivity index (χ0v) is 9.50. The van der Waals surface area contributed by atoms with E-state index >= 15 is 0 Å². The van der Waals surface area contributed by atoms with Gasteiger partial charge in [0.05, 0.1) is 0 Å². The lowest BCUT2D eigenvalue weighted by molar-refractivity contribution is -0.0885. The third-order valence-corrected chi connectivity index (χ3v) is 2.71. The zero-order valence-electron chi connectivity index (χ0n) is 9.50. The number of alkyl halides is 3. The first-order chi connectivity index (χ1) is 8.48. The molecule has 98 valence electrons. The minimum Gasteiger partial charge on any atom is -0.354 e. The average molecular weight is 259 g/mol. The molecule has 1 aromatic heterocycles. The summed E-state index contributed by atoms with van der Waals surface area (Å²) in [7, 11) is 0. The van der Waals surface area contributed by atoms with E-state index < -0.39 is 17.5 Å². The maximum absolute atomic E-state index is 12.2. The van der Waals surface area contributed by atoms with E-state index in [-0.39, 0.29) is 0 Å². The summed E-state index contributed by atoms with van der Waals surface area (Å²) in [6.07, 6.45) is -3.87. The van der Waals surface area contributed by atoms with Gasteiger partial charge in [0.2, 0.25) is 0 Å². The van der Waals surface area contributed by atoms with E-state index in [1.807, 2.05) is 4.90 Å². The van der Waals surface area contributed by atoms with Gasteiger partial charge in [-0.3, -0.25) is 4.79 Å². The number of hydrogen-bond donors (Lipinski definition) is 1. The van der Waals surface area contributed by atoms with Gasteiger partial charge in [0.15, 0.2) is 0 Å². The van der Waals surface area contributed by atoms with Crippen molar-refractivity contribution in [2.75, 3.05) is 31.1 Å². The molecular formula is C11H12F3N3O. The first-order valence-electron chi connectivity index (χ1n) is 5.52. The number of carbonyl (C=O) groups excluding carboxylic acids is 1. The first kappa shape index (κ1) is 12.8. The van der Waals surface area contributed by atoms with Crippen LogP contribution in [0.4, 0.5) is 19.0 Å². The van der Waals surface area contributed by atoms with Crippen LogP contribution in [0.15, 0.2) is 18.3 Å². The van der Waals surface area contributed by atoms with Gasteiger partial charge in [-0.2, -0.15) is 13.2 Å². The second kappa shape index (κ2) is 4.93. The molecule has 1 aromatic rings. The number of pyridine rings is 1. The molecule has 1 N–H and O–H groups in total. The monoisotopic (exact) mass is 259 g/mol. The van der Waals surface area contributed by atoms with E-state index in [1.165, 1.54) is 12.1 Å². The van der Waals surface area contributed by atoms with Crippen LogP contribution in [-0.4, -0.2) is 43.1 Å². The van der Waals surface area contributed by atoms with E-state index in [0.717, 1.165) is 32.4 Å².